The average molecular weight is 266 g/mol. The van der Waals surface area contributed by atoms with Crippen LogP contribution in [0, 0.1) is 0 Å². The lowest BCUT2D eigenvalue weighted by molar-refractivity contribution is -0.139. The van der Waals surface area contributed by atoms with Gasteiger partial charge in [0, 0.05) is 12.1 Å². The molecule has 0 bridgehead atoms. The second-order valence-electron chi connectivity index (χ2n) is 3.54. The van der Waals surface area contributed by atoms with E-state index in [2.05, 4.69) is 0 Å². The molecule has 0 aliphatic carbocycles. The molecule has 1 aromatic rings. The highest BCUT2D eigenvalue weighted by molar-refractivity contribution is 6.31. The van der Waals surface area contributed by atoms with Crippen molar-refractivity contribution in [1.82, 2.24) is 0 Å². The number of ether oxygens (including phenoxy) is 1. The SMILES string of the molecule is CN1C(=O)COc2c1cc(Cl)cc2C(F)(F)F. The first-order chi connectivity index (χ1) is 7.80. The lowest BCUT2D eigenvalue weighted by Crippen LogP contribution is -2.36. The Morgan fingerprint density at radius 3 is 2.65 bits per heavy atom. The normalized spacial score (nSPS) is 15.6. The van der Waals surface area contributed by atoms with Crippen molar-refractivity contribution >= 4 is 23.2 Å². The van der Waals surface area contributed by atoms with Crippen molar-refractivity contribution in [3.05, 3.63) is 22.7 Å². The van der Waals surface area contributed by atoms with Gasteiger partial charge in [-0.1, -0.05) is 11.6 Å². The molecule has 0 N–H and O–H groups in total. The van der Waals surface area contributed by atoms with Crippen LogP contribution in [0.15, 0.2) is 12.1 Å². The summed E-state index contributed by atoms with van der Waals surface area (Å²) in [6, 6.07) is 2.05. The van der Waals surface area contributed by atoms with E-state index in [1.54, 1.807) is 0 Å². The smallest absolute Gasteiger partial charge is 0.420 e. The molecule has 0 fully saturated rings. The van der Waals surface area contributed by atoms with Gasteiger partial charge in [-0.25, -0.2) is 0 Å². The van der Waals surface area contributed by atoms with E-state index in [9.17, 15) is 18.0 Å². The summed E-state index contributed by atoms with van der Waals surface area (Å²) in [5, 5.41) is -0.0961. The van der Waals surface area contributed by atoms with Crippen molar-refractivity contribution in [3.8, 4) is 5.75 Å². The zero-order chi connectivity index (χ0) is 12.8. The van der Waals surface area contributed by atoms with Gasteiger partial charge in [0.15, 0.2) is 12.4 Å². The Balaban J connectivity index is 2.65. The second-order valence-corrected chi connectivity index (χ2v) is 3.98. The first-order valence-corrected chi connectivity index (χ1v) is 4.98. The van der Waals surface area contributed by atoms with E-state index in [1.807, 2.05) is 0 Å². The molecule has 7 heteroatoms. The lowest BCUT2D eigenvalue weighted by atomic mass is 10.1. The number of nitrogens with zero attached hydrogens (tertiary/aromatic N) is 1. The maximum atomic E-state index is 12.7. The van der Waals surface area contributed by atoms with Crippen LogP contribution in [0.2, 0.25) is 5.02 Å². The summed E-state index contributed by atoms with van der Waals surface area (Å²) >= 11 is 5.61. The number of rotatable bonds is 0. The van der Waals surface area contributed by atoms with E-state index in [0.717, 1.165) is 11.0 Å². The van der Waals surface area contributed by atoms with Crippen LogP contribution in [0.1, 0.15) is 5.56 Å². The molecule has 1 aliphatic rings. The van der Waals surface area contributed by atoms with Gasteiger partial charge >= 0.3 is 6.18 Å². The number of carbonyl (C=O) groups excluding carboxylic acids is 1. The van der Waals surface area contributed by atoms with Crippen molar-refractivity contribution in [1.29, 1.82) is 0 Å². The Morgan fingerprint density at radius 2 is 2.06 bits per heavy atom. The largest absolute Gasteiger partial charge is 0.481 e. The minimum Gasteiger partial charge on any atom is -0.481 e. The van der Waals surface area contributed by atoms with E-state index in [-0.39, 0.29) is 16.5 Å². The van der Waals surface area contributed by atoms with E-state index in [0.29, 0.717) is 0 Å². The van der Waals surface area contributed by atoms with Crippen molar-refractivity contribution in [2.24, 2.45) is 0 Å². The van der Waals surface area contributed by atoms with Crippen LogP contribution in [0.3, 0.4) is 0 Å². The van der Waals surface area contributed by atoms with Crippen LogP contribution in [0.4, 0.5) is 18.9 Å². The highest BCUT2D eigenvalue weighted by atomic mass is 35.5. The Hall–Kier alpha value is -1.43. The lowest BCUT2D eigenvalue weighted by Gasteiger charge is -2.28. The number of fused-ring (bicyclic) bond motifs is 1. The summed E-state index contributed by atoms with van der Waals surface area (Å²) in [4.78, 5) is 12.4. The number of benzene rings is 1. The zero-order valence-electron chi connectivity index (χ0n) is 8.64. The fraction of sp³-hybridized carbons (Fsp3) is 0.300. The minimum absolute atomic E-state index is 0.0288. The molecular formula is C10H7ClF3NO2. The highest BCUT2D eigenvalue weighted by Crippen LogP contribution is 2.44. The molecule has 0 saturated heterocycles. The number of carbonyl (C=O) groups is 1. The summed E-state index contributed by atoms with van der Waals surface area (Å²) in [6.45, 7) is -0.409. The molecule has 3 nitrogen and oxygen atoms in total. The molecule has 1 heterocycles. The molecule has 1 amide bonds. The fourth-order valence-corrected chi connectivity index (χ4v) is 1.77. The van der Waals surface area contributed by atoms with Crippen molar-refractivity contribution in [2.45, 2.75) is 6.18 Å². The third-order valence-corrected chi connectivity index (χ3v) is 2.63. The van der Waals surface area contributed by atoms with Gasteiger partial charge in [-0.15, -0.1) is 0 Å². The Labute approximate surface area is 99.7 Å². The minimum atomic E-state index is -4.57. The van der Waals surface area contributed by atoms with Crippen LogP contribution in [-0.2, 0) is 11.0 Å². The number of halogens is 4. The third-order valence-electron chi connectivity index (χ3n) is 2.41. The molecule has 0 radical (unpaired) electrons. The molecule has 0 saturated carbocycles. The van der Waals surface area contributed by atoms with Crippen molar-refractivity contribution in [3.63, 3.8) is 0 Å². The average Bonchev–Trinajstić information content (AvgIpc) is 2.22. The van der Waals surface area contributed by atoms with Crippen LogP contribution >= 0.6 is 11.6 Å². The van der Waals surface area contributed by atoms with Gasteiger partial charge in [-0.3, -0.25) is 4.79 Å². The maximum Gasteiger partial charge on any atom is 0.420 e. The molecule has 17 heavy (non-hydrogen) atoms. The molecule has 1 aliphatic heterocycles. The van der Waals surface area contributed by atoms with Crippen LogP contribution < -0.4 is 9.64 Å². The Morgan fingerprint density at radius 1 is 1.41 bits per heavy atom. The number of anilines is 1. The first kappa shape index (κ1) is 12.0. The van der Waals surface area contributed by atoms with E-state index >= 15 is 0 Å². The van der Waals surface area contributed by atoms with Gasteiger partial charge in [0.2, 0.25) is 0 Å². The van der Waals surface area contributed by atoms with Gasteiger partial charge in [0.25, 0.3) is 5.91 Å². The van der Waals surface area contributed by atoms with Gasteiger partial charge in [0.1, 0.15) is 5.56 Å². The first-order valence-electron chi connectivity index (χ1n) is 4.61. The van der Waals surface area contributed by atoms with Crippen LogP contribution in [0.5, 0.6) is 5.75 Å². The molecule has 0 spiro atoms. The predicted molar refractivity (Wildman–Crippen MR) is 55.4 cm³/mol. The third kappa shape index (κ3) is 2.04. The summed E-state index contributed by atoms with van der Waals surface area (Å²) < 4.78 is 43.1. The second kappa shape index (κ2) is 3.80. The van der Waals surface area contributed by atoms with Crippen LogP contribution in [-0.4, -0.2) is 19.6 Å². The summed E-state index contributed by atoms with van der Waals surface area (Å²) in [5.41, 5.74) is -0.944. The maximum absolute atomic E-state index is 12.7. The fourth-order valence-electron chi connectivity index (χ4n) is 1.56. The molecular weight excluding hydrogens is 259 g/mol. The van der Waals surface area contributed by atoms with Gasteiger partial charge in [-0.05, 0) is 12.1 Å². The molecule has 1 aromatic carbocycles. The summed E-state index contributed by atoms with van der Waals surface area (Å²) in [6.07, 6.45) is -4.57. The van der Waals surface area contributed by atoms with Gasteiger partial charge in [0.05, 0.1) is 5.69 Å². The number of hydrogen-bond donors (Lipinski definition) is 0. The monoisotopic (exact) mass is 265 g/mol. The number of hydrogen-bond acceptors (Lipinski definition) is 2. The predicted octanol–water partition coefficient (Wildman–Crippen LogP) is 2.71. The van der Waals surface area contributed by atoms with Crippen molar-refractivity contribution < 1.29 is 22.7 Å². The Kier molecular flexibility index (Phi) is 2.69. The van der Waals surface area contributed by atoms with Gasteiger partial charge in [-0.2, -0.15) is 13.2 Å². The number of amides is 1. The van der Waals surface area contributed by atoms with Gasteiger partial charge < -0.3 is 9.64 Å². The van der Waals surface area contributed by atoms with E-state index in [1.165, 1.54) is 13.1 Å². The quantitative estimate of drug-likeness (QED) is 0.722. The van der Waals surface area contributed by atoms with Crippen LogP contribution in [0.25, 0.3) is 0 Å². The zero-order valence-corrected chi connectivity index (χ0v) is 9.39. The topological polar surface area (TPSA) is 29.5 Å². The number of likely N-dealkylation sites (N-methyl/N-ethyl adjacent to an activating group) is 1. The van der Waals surface area contributed by atoms with Crippen molar-refractivity contribution in [2.75, 3.05) is 18.6 Å². The summed E-state index contributed by atoms with van der Waals surface area (Å²) in [5.74, 6) is -0.781. The van der Waals surface area contributed by atoms with E-state index < -0.39 is 24.3 Å². The van der Waals surface area contributed by atoms with E-state index in [4.69, 9.17) is 16.3 Å². The number of alkyl halides is 3. The summed E-state index contributed by atoms with van der Waals surface area (Å²) in [7, 11) is 1.38. The molecule has 92 valence electrons. The highest BCUT2D eigenvalue weighted by Gasteiger charge is 2.38. The molecule has 0 aromatic heterocycles. The molecule has 0 unspecified atom stereocenters. The standard InChI is InChI=1S/C10H7ClF3NO2/c1-15-7-3-5(11)2-6(10(12,13)14)9(7)17-4-8(15)16/h2-3H,4H2,1H3. The molecule has 2 rings (SSSR count). The molecule has 0 atom stereocenters. The Bertz CT molecular complexity index is 487.